The maximum Gasteiger partial charge on any atom is 0.409 e. The van der Waals surface area contributed by atoms with Crippen molar-refractivity contribution in [3.63, 3.8) is 0 Å². The molecule has 0 amide bonds. The van der Waals surface area contributed by atoms with Crippen LogP contribution in [0.5, 0.6) is 0 Å². The van der Waals surface area contributed by atoms with Crippen LogP contribution in [-0.2, 0) is 0 Å². The third kappa shape index (κ3) is 3.48. The van der Waals surface area contributed by atoms with E-state index in [4.69, 9.17) is 0 Å². The first-order chi connectivity index (χ1) is 8.54. The summed E-state index contributed by atoms with van der Waals surface area (Å²) >= 11 is 0. The molecule has 0 spiro atoms. The monoisotopic (exact) mass is 248 g/mol. The molecule has 0 heterocycles. The molecule has 0 saturated carbocycles. The summed E-state index contributed by atoms with van der Waals surface area (Å²) in [7, 11) is 0. The van der Waals surface area contributed by atoms with Gasteiger partial charge in [0.1, 0.15) is 0 Å². The van der Waals surface area contributed by atoms with Gasteiger partial charge >= 0.3 is 6.18 Å². The van der Waals surface area contributed by atoms with Crippen molar-refractivity contribution >= 4 is 6.08 Å². The second kappa shape index (κ2) is 5.08. The zero-order chi connectivity index (χ0) is 13.0. The van der Waals surface area contributed by atoms with E-state index in [1.165, 1.54) is 0 Å². The van der Waals surface area contributed by atoms with Crippen LogP contribution in [-0.4, -0.2) is 6.18 Å². The molecule has 0 aliphatic heterocycles. The fourth-order valence-electron chi connectivity index (χ4n) is 1.64. The highest BCUT2D eigenvalue weighted by Gasteiger charge is 2.21. The SMILES string of the molecule is FC(F)(F)C=Cc1cccc(-c2ccccc2)c1. The lowest BCUT2D eigenvalue weighted by atomic mass is 10.0. The first-order valence-electron chi connectivity index (χ1n) is 5.46. The van der Waals surface area contributed by atoms with Gasteiger partial charge in [0.2, 0.25) is 0 Å². The quantitative estimate of drug-likeness (QED) is 0.707. The average molecular weight is 248 g/mol. The summed E-state index contributed by atoms with van der Waals surface area (Å²) in [6.45, 7) is 0. The minimum Gasteiger partial charge on any atom is -0.167 e. The van der Waals surface area contributed by atoms with Crippen LogP contribution in [0.15, 0.2) is 60.7 Å². The number of allylic oxidation sites excluding steroid dienone is 1. The highest BCUT2D eigenvalue weighted by molar-refractivity contribution is 5.67. The molecule has 0 saturated heterocycles. The molecule has 0 aliphatic rings. The molecule has 0 aromatic heterocycles. The summed E-state index contributed by atoms with van der Waals surface area (Å²) in [4.78, 5) is 0. The van der Waals surface area contributed by atoms with Gasteiger partial charge in [0.25, 0.3) is 0 Å². The van der Waals surface area contributed by atoms with Crippen LogP contribution in [0.25, 0.3) is 17.2 Å². The van der Waals surface area contributed by atoms with Crippen LogP contribution >= 0.6 is 0 Å². The second-order valence-corrected chi connectivity index (χ2v) is 3.87. The maximum absolute atomic E-state index is 12.1. The molecular weight excluding hydrogens is 237 g/mol. The Morgan fingerprint density at radius 2 is 1.44 bits per heavy atom. The smallest absolute Gasteiger partial charge is 0.167 e. The normalized spacial score (nSPS) is 11.9. The Morgan fingerprint density at radius 1 is 0.778 bits per heavy atom. The standard InChI is InChI=1S/C15H11F3/c16-15(17,18)10-9-12-5-4-8-14(11-12)13-6-2-1-3-7-13/h1-11H. The lowest BCUT2D eigenvalue weighted by molar-refractivity contribution is -0.0790. The van der Waals surface area contributed by atoms with Crippen molar-refractivity contribution in [2.24, 2.45) is 0 Å². The summed E-state index contributed by atoms with van der Waals surface area (Å²) in [6, 6.07) is 16.5. The number of benzene rings is 2. The van der Waals surface area contributed by atoms with Gasteiger partial charge in [-0.05, 0) is 22.8 Å². The van der Waals surface area contributed by atoms with Crippen molar-refractivity contribution in [3.8, 4) is 11.1 Å². The van der Waals surface area contributed by atoms with Crippen molar-refractivity contribution < 1.29 is 13.2 Å². The Labute approximate surface area is 103 Å². The van der Waals surface area contributed by atoms with Crippen molar-refractivity contribution in [2.75, 3.05) is 0 Å². The number of rotatable bonds is 2. The Hall–Kier alpha value is -2.03. The second-order valence-electron chi connectivity index (χ2n) is 3.87. The predicted molar refractivity (Wildman–Crippen MR) is 67.0 cm³/mol. The van der Waals surface area contributed by atoms with E-state index in [1.54, 1.807) is 18.2 Å². The fraction of sp³-hybridized carbons (Fsp3) is 0.0667. The Kier molecular flexibility index (Phi) is 3.51. The average Bonchev–Trinajstić information content (AvgIpc) is 2.37. The summed E-state index contributed by atoms with van der Waals surface area (Å²) in [5.41, 5.74) is 2.42. The minimum atomic E-state index is -4.28. The minimum absolute atomic E-state index is 0.247. The molecule has 2 rings (SSSR count). The Morgan fingerprint density at radius 3 is 2.11 bits per heavy atom. The Balaban J connectivity index is 2.29. The molecule has 2 aromatic carbocycles. The van der Waals surface area contributed by atoms with Crippen LogP contribution in [0.2, 0.25) is 0 Å². The van der Waals surface area contributed by atoms with Gasteiger partial charge in [-0.1, -0.05) is 54.6 Å². The molecule has 0 atom stereocenters. The van der Waals surface area contributed by atoms with Gasteiger partial charge in [-0.3, -0.25) is 0 Å². The van der Waals surface area contributed by atoms with E-state index in [1.807, 2.05) is 36.4 Å². The van der Waals surface area contributed by atoms with E-state index in [0.717, 1.165) is 17.2 Å². The van der Waals surface area contributed by atoms with Crippen LogP contribution in [0.1, 0.15) is 5.56 Å². The molecule has 0 nitrogen and oxygen atoms in total. The van der Waals surface area contributed by atoms with E-state index < -0.39 is 6.18 Å². The van der Waals surface area contributed by atoms with Gasteiger partial charge in [0.05, 0.1) is 0 Å². The van der Waals surface area contributed by atoms with Gasteiger partial charge in [0, 0.05) is 6.08 Å². The van der Waals surface area contributed by atoms with Gasteiger partial charge in [0.15, 0.2) is 0 Å². The molecule has 0 fully saturated rings. The zero-order valence-corrected chi connectivity index (χ0v) is 9.48. The van der Waals surface area contributed by atoms with E-state index >= 15 is 0 Å². The highest BCUT2D eigenvalue weighted by Crippen LogP contribution is 2.22. The van der Waals surface area contributed by atoms with Crippen LogP contribution in [0.3, 0.4) is 0 Å². The molecule has 0 bridgehead atoms. The molecule has 3 heteroatoms. The topological polar surface area (TPSA) is 0 Å². The molecule has 92 valence electrons. The van der Waals surface area contributed by atoms with E-state index in [0.29, 0.717) is 5.56 Å². The lowest BCUT2D eigenvalue weighted by Gasteiger charge is -2.03. The number of alkyl halides is 3. The highest BCUT2D eigenvalue weighted by atomic mass is 19.4. The largest absolute Gasteiger partial charge is 0.409 e. The summed E-state index contributed by atoms with van der Waals surface area (Å²) in [6.07, 6.45) is -2.95. The number of hydrogen-bond acceptors (Lipinski definition) is 0. The summed E-state index contributed by atoms with van der Waals surface area (Å²) in [5.74, 6) is 0. The van der Waals surface area contributed by atoms with Crippen molar-refractivity contribution in [1.82, 2.24) is 0 Å². The third-order valence-corrected chi connectivity index (χ3v) is 2.46. The van der Waals surface area contributed by atoms with Gasteiger partial charge in [-0.15, -0.1) is 0 Å². The van der Waals surface area contributed by atoms with E-state index in [9.17, 15) is 13.2 Å². The lowest BCUT2D eigenvalue weighted by Crippen LogP contribution is -2.00. The summed E-state index contributed by atoms with van der Waals surface area (Å²) in [5, 5.41) is 0. The first kappa shape index (κ1) is 12.4. The first-order valence-corrected chi connectivity index (χ1v) is 5.46. The molecule has 0 unspecified atom stereocenters. The molecule has 18 heavy (non-hydrogen) atoms. The van der Waals surface area contributed by atoms with Crippen molar-refractivity contribution in [1.29, 1.82) is 0 Å². The predicted octanol–water partition coefficient (Wildman–Crippen LogP) is 4.93. The molecule has 0 aliphatic carbocycles. The van der Waals surface area contributed by atoms with Gasteiger partial charge < -0.3 is 0 Å². The van der Waals surface area contributed by atoms with E-state index in [-0.39, 0.29) is 6.08 Å². The molecular formula is C15H11F3. The molecule has 2 aromatic rings. The zero-order valence-electron chi connectivity index (χ0n) is 9.48. The number of hydrogen-bond donors (Lipinski definition) is 0. The third-order valence-electron chi connectivity index (χ3n) is 2.46. The van der Waals surface area contributed by atoms with Crippen LogP contribution < -0.4 is 0 Å². The molecule has 0 N–H and O–H groups in total. The van der Waals surface area contributed by atoms with Crippen molar-refractivity contribution in [3.05, 3.63) is 66.2 Å². The number of halogens is 3. The Bertz CT molecular complexity index is 539. The maximum atomic E-state index is 12.1. The summed E-state index contributed by atoms with van der Waals surface area (Å²) < 4.78 is 36.2. The molecule has 0 radical (unpaired) electrons. The van der Waals surface area contributed by atoms with Crippen LogP contribution in [0, 0.1) is 0 Å². The van der Waals surface area contributed by atoms with Gasteiger partial charge in [-0.2, -0.15) is 13.2 Å². The van der Waals surface area contributed by atoms with Gasteiger partial charge in [-0.25, -0.2) is 0 Å². The van der Waals surface area contributed by atoms with E-state index in [2.05, 4.69) is 0 Å². The fourth-order valence-corrected chi connectivity index (χ4v) is 1.64. The van der Waals surface area contributed by atoms with Crippen molar-refractivity contribution in [2.45, 2.75) is 6.18 Å². The van der Waals surface area contributed by atoms with Crippen LogP contribution in [0.4, 0.5) is 13.2 Å².